The molecular weight excluding hydrogens is 512 g/mol. The van der Waals surface area contributed by atoms with Crippen molar-refractivity contribution in [3.05, 3.63) is 133 Å². The minimum absolute atomic E-state index is 0.136. The third-order valence-corrected chi connectivity index (χ3v) is 6.48. The van der Waals surface area contributed by atoms with Crippen molar-refractivity contribution < 1.29 is 24.4 Å². The highest BCUT2D eigenvalue weighted by Gasteiger charge is 2.33. The van der Waals surface area contributed by atoms with Crippen molar-refractivity contribution in [3.8, 4) is 5.75 Å². The summed E-state index contributed by atoms with van der Waals surface area (Å²) in [7, 11) is 0. The van der Waals surface area contributed by atoms with Crippen molar-refractivity contribution in [2.45, 2.75) is 26.5 Å². The predicted octanol–water partition coefficient (Wildman–Crippen LogP) is 3.44. The molecule has 2 N–H and O–H groups in total. The van der Waals surface area contributed by atoms with Crippen LogP contribution < -0.4 is 21.3 Å². The second-order valence-electron chi connectivity index (χ2n) is 9.12. The number of benzene rings is 3. The number of hydrogen-bond acceptors (Lipinski definition) is 6. The lowest BCUT2D eigenvalue weighted by atomic mass is 9.96. The topological polar surface area (TPSA) is 126 Å². The summed E-state index contributed by atoms with van der Waals surface area (Å²) in [4.78, 5) is 44.9. The number of allylic oxidation sites excluding steroid dienone is 1. The quantitative estimate of drug-likeness (QED) is 0.261. The van der Waals surface area contributed by atoms with Gasteiger partial charge in [-0.05, 0) is 60.9 Å². The van der Waals surface area contributed by atoms with Gasteiger partial charge in [-0.25, -0.2) is 15.0 Å². The van der Waals surface area contributed by atoms with Crippen LogP contribution in [0.2, 0.25) is 0 Å². The fraction of sp³-hybridized carbons (Fsp3) is 0.167. The van der Waals surface area contributed by atoms with E-state index in [1.54, 1.807) is 44.2 Å². The van der Waals surface area contributed by atoms with Gasteiger partial charge in [-0.15, -0.1) is 0 Å². The fourth-order valence-electron chi connectivity index (χ4n) is 4.56. The molecule has 0 bridgehead atoms. The minimum atomic E-state index is -0.683. The summed E-state index contributed by atoms with van der Waals surface area (Å²) >= 11 is 0. The van der Waals surface area contributed by atoms with Crippen LogP contribution in [0, 0.1) is 4.91 Å². The van der Waals surface area contributed by atoms with E-state index >= 15 is 0 Å². The predicted molar refractivity (Wildman–Crippen MR) is 146 cm³/mol. The molecule has 202 valence electrons. The number of nitrogens with one attached hydrogen (secondary N) is 1. The lowest BCUT2D eigenvalue weighted by molar-refractivity contribution is -0.729. The van der Waals surface area contributed by atoms with Gasteiger partial charge in [0.25, 0.3) is 10.5 Å². The van der Waals surface area contributed by atoms with Gasteiger partial charge in [-0.3, -0.25) is 9.36 Å². The molecule has 2 heterocycles. The fourth-order valence-corrected chi connectivity index (χ4v) is 4.56. The zero-order chi connectivity index (χ0) is 28.2. The third kappa shape index (κ3) is 5.32. The summed E-state index contributed by atoms with van der Waals surface area (Å²) in [5.41, 5.74) is 3.34. The van der Waals surface area contributed by atoms with Crippen LogP contribution in [0.5, 0.6) is 5.75 Å². The van der Waals surface area contributed by atoms with Crippen molar-refractivity contribution in [2.75, 3.05) is 6.61 Å². The van der Waals surface area contributed by atoms with E-state index < -0.39 is 12.0 Å². The van der Waals surface area contributed by atoms with E-state index in [4.69, 9.17) is 14.7 Å². The molecule has 10 nitrogen and oxygen atoms in total. The molecule has 0 radical (unpaired) electrons. The first-order valence-electron chi connectivity index (χ1n) is 12.7. The van der Waals surface area contributed by atoms with Gasteiger partial charge >= 0.3 is 11.7 Å². The number of hydrogen-bond donors (Lipinski definition) is 2. The Morgan fingerprint density at radius 1 is 1.07 bits per heavy atom. The monoisotopic (exact) mass is 539 g/mol. The summed E-state index contributed by atoms with van der Waals surface area (Å²) < 4.78 is 12.6. The molecule has 1 aliphatic heterocycles. The molecule has 1 aromatic heterocycles. The number of carbonyl (C=O) groups excluding carboxylic acids is 1. The molecule has 0 saturated carbocycles. The Balaban J connectivity index is 1.43. The average Bonchev–Trinajstić information content (AvgIpc) is 3.26. The number of H-pyrrole nitrogens is 1. The maximum atomic E-state index is 13.6. The number of ether oxygens (including phenoxy) is 2. The van der Waals surface area contributed by atoms with Crippen LogP contribution in [0.25, 0.3) is 6.08 Å². The van der Waals surface area contributed by atoms with E-state index in [0.717, 1.165) is 16.7 Å². The molecule has 10 heteroatoms. The number of aromatic nitrogens is 2. The Morgan fingerprint density at radius 3 is 2.42 bits per heavy atom. The van der Waals surface area contributed by atoms with E-state index in [2.05, 4.69) is 9.98 Å². The number of nitrogens with zero attached hydrogens (tertiary/aromatic N) is 3. The number of rotatable bonds is 8. The minimum Gasteiger partial charge on any atom is -0.489 e. The number of esters is 1. The highest BCUT2D eigenvalue weighted by atomic mass is 16.6. The number of fused-ring (bicyclic) bond motifs is 1. The number of carbonyl (C=O) groups is 1. The average molecular weight is 540 g/mol. The molecule has 3 aromatic carbocycles. The van der Waals surface area contributed by atoms with Crippen LogP contribution in [0.15, 0.2) is 99.9 Å². The molecule has 0 fully saturated rings. The molecule has 0 spiro atoms. The maximum Gasteiger partial charge on any atom is 0.338 e. The Morgan fingerprint density at radius 2 is 1.77 bits per heavy atom. The van der Waals surface area contributed by atoms with Gasteiger partial charge in [-0.2, -0.15) is 0 Å². The van der Waals surface area contributed by atoms with E-state index in [-0.39, 0.29) is 29.4 Å². The molecule has 1 unspecified atom stereocenters. The lowest BCUT2D eigenvalue weighted by Gasteiger charge is -2.24. The third-order valence-electron chi connectivity index (χ3n) is 6.48. The second kappa shape index (κ2) is 11.2. The lowest BCUT2D eigenvalue weighted by Crippen LogP contribution is -2.40. The Labute approximate surface area is 228 Å². The van der Waals surface area contributed by atoms with Gasteiger partial charge in [0.05, 0.1) is 28.8 Å². The van der Waals surface area contributed by atoms with Gasteiger partial charge in [0, 0.05) is 12.1 Å². The van der Waals surface area contributed by atoms with E-state index in [1.807, 2.05) is 42.5 Å². The summed E-state index contributed by atoms with van der Waals surface area (Å²) in [6.45, 7) is 3.95. The standard InChI is InChI=1S/C30H26N4O6/c1-3-39-29(36)26-19(2)31-30-32-25(28(35)33(30)27(26)22-7-5-4-6-8-22)17-20-11-15-24(16-12-20)40-18-21-9-13-23(14-10-21)34(37)38/h4-17,27H,3,18H2,1-2H3,(H-,31,32,36,37,38)/p+1/b25-17-. The Kier molecular flexibility index (Phi) is 7.41. The Bertz CT molecular complexity index is 1770. The van der Waals surface area contributed by atoms with Crippen molar-refractivity contribution >= 4 is 17.7 Å². The molecule has 40 heavy (non-hydrogen) atoms. The van der Waals surface area contributed by atoms with Crippen molar-refractivity contribution in [3.63, 3.8) is 0 Å². The first-order valence-corrected chi connectivity index (χ1v) is 12.7. The van der Waals surface area contributed by atoms with Crippen LogP contribution >= 0.6 is 0 Å². The van der Waals surface area contributed by atoms with Crippen molar-refractivity contribution in [1.82, 2.24) is 9.55 Å². The summed E-state index contributed by atoms with van der Waals surface area (Å²) in [6, 6.07) is 22.2. The SMILES string of the molecule is CCOC(=O)C1=C(C)N=c2[nH]/c(=C\c3ccc(OCc4ccc([N+](=O)O)cc4)cc3)c(=O)n2C1c1ccccc1. The molecule has 1 atom stereocenters. The molecular formula is C30H27N4O6+. The molecule has 4 aromatic rings. The normalized spacial score (nSPS) is 14.8. The largest absolute Gasteiger partial charge is 0.489 e. The van der Waals surface area contributed by atoms with E-state index in [0.29, 0.717) is 28.0 Å². The smallest absolute Gasteiger partial charge is 0.338 e. The first-order chi connectivity index (χ1) is 19.4. The Hall–Kier alpha value is -5.25. The molecule has 5 rings (SSSR count). The van der Waals surface area contributed by atoms with Crippen molar-refractivity contribution in [2.24, 2.45) is 4.99 Å². The number of imidazole rings is 1. The first kappa shape index (κ1) is 26.4. The zero-order valence-corrected chi connectivity index (χ0v) is 21.9. The zero-order valence-electron chi connectivity index (χ0n) is 21.9. The van der Waals surface area contributed by atoms with Crippen LogP contribution in [-0.2, 0) is 16.1 Å². The summed E-state index contributed by atoms with van der Waals surface area (Å²) in [5, 5.41) is 9.27. The van der Waals surface area contributed by atoms with Crippen LogP contribution in [0.3, 0.4) is 0 Å². The molecule has 1 aliphatic rings. The van der Waals surface area contributed by atoms with Crippen LogP contribution in [0.1, 0.15) is 36.6 Å². The highest BCUT2D eigenvalue weighted by molar-refractivity contribution is 5.91. The molecule has 0 saturated heterocycles. The highest BCUT2D eigenvalue weighted by Crippen LogP contribution is 2.30. The maximum absolute atomic E-state index is 13.6. The van der Waals surface area contributed by atoms with Gasteiger partial charge in [-0.1, -0.05) is 42.5 Å². The van der Waals surface area contributed by atoms with Gasteiger partial charge in [0.1, 0.15) is 17.7 Å². The molecule has 0 aliphatic carbocycles. The number of aromatic amines is 1. The summed E-state index contributed by atoms with van der Waals surface area (Å²) in [5.74, 6) is 0.114. The van der Waals surface area contributed by atoms with Crippen molar-refractivity contribution in [1.29, 1.82) is 0 Å². The van der Waals surface area contributed by atoms with E-state index in [1.165, 1.54) is 16.7 Å². The van der Waals surface area contributed by atoms with Gasteiger partial charge < -0.3 is 14.5 Å². The van der Waals surface area contributed by atoms with Crippen LogP contribution in [0.4, 0.5) is 5.69 Å². The summed E-state index contributed by atoms with van der Waals surface area (Å²) in [6.07, 6.45) is 1.72. The van der Waals surface area contributed by atoms with E-state index in [9.17, 15) is 14.5 Å². The van der Waals surface area contributed by atoms with Crippen LogP contribution in [-0.4, -0.2) is 32.3 Å². The van der Waals surface area contributed by atoms with Gasteiger partial charge in [0.2, 0.25) is 5.62 Å². The molecule has 0 amide bonds. The van der Waals surface area contributed by atoms with Gasteiger partial charge in [0.15, 0.2) is 0 Å². The second-order valence-corrected chi connectivity index (χ2v) is 9.12.